The van der Waals surface area contributed by atoms with E-state index < -0.39 is 47.6 Å². The third-order valence-corrected chi connectivity index (χ3v) is 8.56. The van der Waals surface area contributed by atoms with E-state index in [1.165, 1.54) is 23.2 Å². The average Bonchev–Trinajstić information content (AvgIpc) is 3.36. The maximum absolute atomic E-state index is 13.7. The summed E-state index contributed by atoms with van der Waals surface area (Å²) in [5.74, 6) is -2.58. The van der Waals surface area contributed by atoms with E-state index in [4.69, 9.17) is 14.5 Å². The minimum atomic E-state index is -0.934. The molecule has 0 radical (unpaired) electrons. The predicted octanol–water partition coefficient (Wildman–Crippen LogP) is 6.60. The number of benzene rings is 1. The van der Waals surface area contributed by atoms with Crippen molar-refractivity contribution in [1.29, 1.82) is 0 Å². The second kappa shape index (κ2) is 16.0. The van der Waals surface area contributed by atoms with Crippen LogP contribution in [0.2, 0.25) is 0 Å². The van der Waals surface area contributed by atoms with Crippen LogP contribution in [-0.2, 0) is 25.5 Å². The Morgan fingerprint density at radius 2 is 1.64 bits per heavy atom. The first kappa shape index (κ1) is 36.7. The molecule has 0 aliphatic rings. The Labute approximate surface area is 265 Å². The van der Waals surface area contributed by atoms with E-state index >= 15 is 0 Å². The molecule has 0 aliphatic carbocycles. The molecule has 0 fully saturated rings. The number of nitrogens with one attached hydrogen (secondary N) is 1. The van der Waals surface area contributed by atoms with Crippen molar-refractivity contribution in [2.45, 2.75) is 111 Å². The second-order valence-corrected chi connectivity index (χ2v) is 14.1. The second-order valence-electron chi connectivity index (χ2n) is 13.0. The number of aromatic nitrogens is 1. The lowest BCUT2D eigenvalue weighted by Gasteiger charge is -2.34. The fourth-order valence-corrected chi connectivity index (χ4v) is 5.99. The molecule has 0 bridgehead atoms. The van der Waals surface area contributed by atoms with E-state index in [9.17, 15) is 24.3 Å². The van der Waals surface area contributed by atoms with Gasteiger partial charge in [-0.3, -0.25) is 14.4 Å². The van der Waals surface area contributed by atoms with E-state index in [-0.39, 0.29) is 36.4 Å². The van der Waals surface area contributed by atoms with Gasteiger partial charge in [0, 0.05) is 37.4 Å². The quantitative estimate of drug-likeness (QED) is 0.223. The predicted molar refractivity (Wildman–Crippen MR) is 171 cm³/mol. The van der Waals surface area contributed by atoms with Crippen LogP contribution < -0.4 is 5.32 Å². The number of carbonyl (C=O) groups excluding carboxylic acids is 3. The minimum absolute atomic E-state index is 0.00662. The average molecular weight is 632 g/mol. The van der Waals surface area contributed by atoms with Crippen LogP contribution >= 0.6 is 11.3 Å². The summed E-state index contributed by atoms with van der Waals surface area (Å²) in [5.41, 5.74) is 0.522. The van der Waals surface area contributed by atoms with Gasteiger partial charge in [-0.15, -0.1) is 11.3 Å². The van der Waals surface area contributed by atoms with Gasteiger partial charge in [0.15, 0.2) is 6.10 Å². The Kier molecular flexibility index (Phi) is 13.4. The molecule has 1 heterocycles. The Morgan fingerprint density at radius 3 is 2.14 bits per heavy atom. The normalized spacial score (nSPS) is 14.5. The molecule has 44 heavy (non-hydrogen) atoms. The molecule has 11 heteroatoms. The summed E-state index contributed by atoms with van der Waals surface area (Å²) >= 11 is 1.30. The van der Waals surface area contributed by atoms with E-state index in [0.29, 0.717) is 11.4 Å². The zero-order valence-electron chi connectivity index (χ0n) is 27.7. The molecular formula is C33H49N3O7S. The number of esters is 1. The van der Waals surface area contributed by atoms with E-state index in [2.05, 4.69) is 5.32 Å². The van der Waals surface area contributed by atoms with Gasteiger partial charge >= 0.3 is 18.0 Å². The number of hydrogen-bond donors (Lipinski definition) is 2. The van der Waals surface area contributed by atoms with E-state index in [1.807, 2.05) is 58.0 Å². The number of hydrogen-bond acceptors (Lipinski definition) is 8. The number of carboxylic acid groups (broad SMARTS) is 1. The summed E-state index contributed by atoms with van der Waals surface area (Å²) in [4.78, 5) is 57.5. The Balaban J connectivity index is 2.43. The molecule has 0 saturated carbocycles. The molecule has 4 atom stereocenters. The molecule has 2 amide bonds. The topological polar surface area (TPSA) is 135 Å². The number of nitrogens with zero attached hydrogens (tertiary/aromatic N) is 2. The lowest BCUT2D eigenvalue weighted by molar-refractivity contribution is -0.148. The maximum atomic E-state index is 13.7. The van der Waals surface area contributed by atoms with Gasteiger partial charge in [0.05, 0.1) is 5.92 Å². The summed E-state index contributed by atoms with van der Waals surface area (Å²) in [6.07, 6.45) is -0.332. The van der Waals surface area contributed by atoms with Gasteiger partial charge in [-0.25, -0.2) is 9.78 Å². The molecule has 2 rings (SSSR count). The van der Waals surface area contributed by atoms with Crippen molar-refractivity contribution in [3.63, 3.8) is 0 Å². The van der Waals surface area contributed by atoms with Crippen LogP contribution in [-0.4, -0.2) is 63.7 Å². The fraction of sp³-hybridized carbons (Fsp3) is 0.606. The van der Waals surface area contributed by atoms with Crippen molar-refractivity contribution in [3.8, 4) is 0 Å². The Morgan fingerprint density at radius 1 is 1.02 bits per heavy atom. The highest BCUT2D eigenvalue weighted by Gasteiger charge is 2.34. The molecule has 0 spiro atoms. The Hall–Kier alpha value is -3.47. The summed E-state index contributed by atoms with van der Waals surface area (Å²) in [6, 6.07) is 8.78. The SMILES string of the molecule is CC(=O)OC(CC(C(C)C)N(C)C(=O)OC(C)(C)C)c1nc(C(=O)NC(Cc2ccccc2)CC(C)C(=O)O)c(C(C)C)s1. The van der Waals surface area contributed by atoms with Crippen LogP contribution in [0, 0.1) is 11.8 Å². The highest BCUT2D eigenvalue weighted by molar-refractivity contribution is 7.12. The molecule has 1 aromatic heterocycles. The zero-order chi connectivity index (χ0) is 33.4. The molecule has 10 nitrogen and oxygen atoms in total. The van der Waals surface area contributed by atoms with Crippen molar-refractivity contribution in [2.24, 2.45) is 11.8 Å². The van der Waals surface area contributed by atoms with E-state index in [1.54, 1.807) is 34.7 Å². The standard InChI is InChI=1S/C33H49N3O7S/c1-19(2)25(36(10)32(41)43-33(7,8)9)18-26(42-22(6)37)30-35-27(28(44-30)20(3)4)29(38)34-24(16-21(5)31(39)40)17-23-14-12-11-13-15-23/h11-15,19-21,24-26H,16-18H2,1-10H3,(H,34,38)(H,39,40). The highest BCUT2D eigenvalue weighted by Crippen LogP contribution is 2.35. The first-order valence-corrected chi connectivity index (χ1v) is 15.9. The van der Waals surface area contributed by atoms with Gasteiger partial charge in [-0.2, -0.15) is 0 Å². The van der Waals surface area contributed by atoms with Gasteiger partial charge in [0.2, 0.25) is 0 Å². The van der Waals surface area contributed by atoms with Crippen molar-refractivity contribution >= 4 is 35.3 Å². The molecule has 2 N–H and O–H groups in total. The van der Waals surface area contributed by atoms with Gasteiger partial charge in [0.1, 0.15) is 16.3 Å². The third kappa shape index (κ3) is 11.2. The maximum Gasteiger partial charge on any atom is 0.410 e. The molecule has 4 unspecified atom stereocenters. The largest absolute Gasteiger partial charge is 0.481 e. The summed E-state index contributed by atoms with van der Waals surface area (Å²) in [7, 11) is 1.66. The number of amides is 2. The molecular weight excluding hydrogens is 582 g/mol. The van der Waals surface area contributed by atoms with Crippen molar-refractivity contribution < 1.29 is 33.8 Å². The lowest BCUT2D eigenvalue weighted by Crippen LogP contribution is -2.44. The van der Waals surface area contributed by atoms with Crippen LogP contribution in [0.15, 0.2) is 30.3 Å². The number of aliphatic carboxylic acids is 1. The van der Waals surface area contributed by atoms with Crippen LogP contribution in [0.1, 0.15) is 113 Å². The number of thiazole rings is 1. The number of rotatable bonds is 14. The van der Waals surface area contributed by atoms with Crippen LogP contribution in [0.5, 0.6) is 0 Å². The van der Waals surface area contributed by atoms with Crippen LogP contribution in [0.25, 0.3) is 0 Å². The number of ether oxygens (including phenoxy) is 2. The first-order chi connectivity index (χ1) is 20.4. The van der Waals surface area contributed by atoms with Crippen LogP contribution in [0.3, 0.4) is 0 Å². The first-order valence-electron chi connectivity index (χ1n) is 15.1. The summed E-state index contributed by atoms with van der Waals surface area (Å²) < 4.78 is 11.3. The summed E-state index contributed by atoms with van der Waals surface area (Å²) in [5, 5.41) is 13.0. The number of carboxylic acids is 1. The minimum Gasteiger partial charge on any atom is -0.481 e. The van der Waals surface area contributed by atoms with Gasteiger partial charge < -0.3 is 24.8 Å². The van der Waals surface area contributed by atoms with Crippen molar-refractivity contribution in [3.05, 3.63) is 51.5 Å². The van der Waals surface area contributed by atoms with Crippen molar-refractivity contribution in [1.82, 2.24) is 15.2 Å². The fourth-order valence-electron chi connectivity index (χ4n) is 4.88. The van der Waals surface area contributed by atoms with E-state index in [0.717, 1.165) is 10.4 Å². The lowest BCUT2D eigenvalue weighted by atomic mass is 9.96. The monoisotopic (exact) mass is 631 g/mol. The third-order valence-electron chi connectivity index (χ3n) is 7.12. The summed E-state index contributed by atoms with van der Waals surface area (Å²) in [6.45, 7) is 16.2. The van der Waals surface area contributed by atoms with Crippen molar-refractivity contribution in [2.75, 3.05) is 7.05 Å². The zero-order valence-corrected chi connectivity index (χ0v) is 28.5. The van der Waals surface area contributed by atoms with Gasteiger partial charge in [-0.1, -0.05) is 65.0 Å². The van der Waals surface area contributed by atoms with Gasteiger partial charge in [0.25, 0.3) is 5.91 Å². The Bertz CT molecular complexity index is 1270. The number of carbonyl (C=O) groups is 4. The molecule has 0 aliphatic heterocycles. The highest BCUT2D eigenvalue weighted by atomic mass is 32.1. The molecule has 244 valence electrons. The van der Waals surface area contributed by atoms with Gasteiger partial charge in [-0.05, 0) is 51.0 Å². The molecule has 1 aromatic carbocycles. The molecule has 2 aromatic rings. The smallest absolute Gasteiger partial charge is 0.410 e. The molecule has 0 saturated heterocycles. The van der Waals surface area contributed by atoms with Crippen LogP contribution in [0.4, 0.5) is 4.79 Å².